The molecule has 0 fully saturated rings. The molecule has 0 saturated carbocycles. The van der Waals surface area contributed by atoms with Crippen LogP contribution in [-0.4, -0.2) is 72.7 Å². The van der Waals surface area contributed by atoms with Gasteiger partial charge in [0.15, 0.2) is 11.5 Å². The maximum atomic E-state index is 12.8. The van der Waals surface area contributed by atoms with Crippen LogP contribution in [0.15, 0.2) is 59.9 Å². The molecule has 0 aliphatic carbocycles. The second kappa shape index (κ2) is 11.8. The fourth-order valence-electron chi connectivity index (χ4n) is 3.04. The maximum Gasteiger partial charge on any atom is 0.278 e. The number of rotatable bonds is 9. The highest BCUT2D eigenvalue weighted by Gasteiger charge is 2.21. The molecule has 2 aromatic heterocycles. The van der Waals surface area contributed by atoms with Crippen molar-refractivity contribution in [2.24, 2.45) is 0 Å². The fraction of sp³-hybridized carbons (Fsp3) is 0.273. The van der Waals surface area contributed by atoms with Crippen molar-refractivity contribution in [3.8, 4) is 11.3 Å². The third-order valence-electron chi connectivity index (χ3n) is 4.87. The monoisotopic (exact) mass is 505 g/mol. The summed E-state index contributed by atoms with van der Waals surface area (Å²) in [4.78, 5) is 27.1. The Morgan fingerprint density at radius 3 is 2.38 bits per heavy atom. The van der Waals surface area contributed by atoms with Gasteiger partial charge in [0.05, 0.1) is 28.7 Å². The zero-order chi connectivity index (χ0) is 24.0. The minimum absolute atomic E-state index is 0. The predicted octanol–water partition coefficient (Wildman–Crippen LogP) is 2.37. The third kappa shape index (κ3) is 6.70. The molecule has 0 spiro atoms. The van der Waals surface area contributed by atoms with Crippen LogP contribution in [0.25, 0.3) is 11.3 Å². The maximum absolute atomic E-state index is 12.8. The Hall–Kier alpha value is -3.12. The van der Waals surface area contributed by atoms with E-state index in [1.807, 2.05) is 19.0 Å². The summed E-state index contributed by atoms with van der Waals surface area (Å²) in [5.41, 5.74) is 7.32. The van der Waals surface area contributed by atoms with Crippen molar-refractivity contribution < 1.29 is 13.2 Å². The molecule has 1 amide bonds. The molecule has 0 unspecified atom stereocenters. The molecule has 0 aliphatic heterocycles. The summed E-state index contributed by atoms with van der Waals surface area (Å²) in [6.45, 7) is 1.21. The largest absolute Gasteiger partial charge is 0.382 e. The van der Waals surface area contributed by atoms with Crippen LogP contribution in [0.4, 0.5) is 11.5 Å². The van der Waals surface area contributed by atoms with Crippen LogP contribution in [0, 0.1) is 0 Å². The molecule has 12 heteroatoms. The zero-order valence-electron chi connectivity index (χ0n) is 19.2. The number of anilines is 2. The van der Waals surface area contributed by atoms with Crippen LogP contribution in [0.1, 0.15) is 16.9 Å². The van der Waals surface area contributed by atoms with Crippen LogP contribution in [0.3, 0.4) is 0 Å². The summed E-state index contributed by atoms with van der Waals surface area (Å²) < 4.78 is 27.0. The number of amides is 1. The number of hydrogen-bond donors (Lipinski definition) is 2. The van der Waals surface area contributed by atoms with E-state index in [0.717, 1.165) is 13.0 Å². The molecule has 0 saturated heterocycles. The first-order valence-corrected chi connectivity index (χ1v) is 11.7. The summed E-state index contributed by atoms with van der Waals surface area (Å²) >= 11 is 0. The number of halogens is 1. The lowest BCUT2D eigenvalue weighted by molar-refractivity contribution is 0.102. The van der Waals surface area contributed by atoms with Gasteiger partial charge in [0.25, 0.3) is 5.91 Å². The predicted molar refractivity (Wildman–Crippen MR) is 134 cm³/mol. The van der Waals surface area contributed by atoms with Gasteiger partial charge in [-0.15, -0.1) is 12.4 Å². The van der Waals surface area contributed by atoms with E-state index in [-0.39, 0.29) is 28.8 Å². The molecule has 3 N–H and O–H groups in total. The van der Waals surface area contributed by atoms with Gasteiger partial charge in [0.1, 0.15) is 0 Å². The summed E-state index contributed by atoms with van der Waals surface area (Å²) in [7, 11) is 1.85. The van der Waals surface area contributed by atoms with Gasteiger partial charge in [-0.1, -0.05) is 12.1 Å². The van der Waals surface area contributed by atoms with E-state index in [4.69, 9.17) is 5.73 Å². The van der Waals surface area contributed by atoms with Crippen molar-refractivity contribution in [2.75, 3.05) is 45.3 Å². The highest BCUT2D eigenvalue weighted by Crippen LogP contribution is 2.23. The van der Waals surface area contributed by atoms with E-state index < -0.39 is 15.9 Å². The van der Waals surface area contributed by atoms with Crippen molar-refractivity contribution in [3.05, 3.63) is 60.7 Å². The first-order chi connectivity index (χ1) is 15.7. The number of nitrogens with one attached hydrogen (secondary N) is 1. The van der Waals surface area contributed by atoms with Gasteiger partial charge in [-0.05, 0) is 51.3 Å². The van der Waals surface area contributed by atoms with E-state index in [9.17, 15) is 13.2 Å². The normalized spacial score (nSPS) is 11.3. The summed E-state index contributed by atoms with van der Waals surface area (Å²) in [6.07, 6.45) is 5.26. The highest BCUT2D eigenvalue weighted by molar-refractivity contribution is 7.89. The van der Waals surface area contributed by atoms with Gasteiger partial charge in [-0.2, -0.15) is 0 Å². The molecule has 0 bridgehead atoms. The van der Waals surface area contributed by atoms with Gasteiger partial charge in [-0.25, -0.2) is 22.7 Å². The van der Waals surface area contributed by atoms with Crippen LogP contribution in [0.2, 0.25) is 0 Å². The van der Waals surface area contributed by atoms with Gasteiger partial charge < -0.3 is 16.0 Å². The molecule has 0 atom stereocenters. The number of nitrogen functional groups attached to an aromatic ring is 1. The standard InChI is InChI=1S/C22H27N7O3S.ClH/c1-28(2)12-5-13-29(3)33(31,32)18-9-7-16(8-10-18)19-15-25-21(23)20(27-19)22(30)26-17-6-4-11-24-14-17;/h4,6-11,14-15H,5,12-13H2,1-3H3,(H2,23,25)(H,26,30);1H. The number of carbonyl (C=O) groups excluding carboxylic acids is 1. The number of pyridine rings is 1. The average Bonchev–Trinajstić information content (AvgIpc) is 2.79. The third-order valence-corrected chi connectivity index (χ3v) is 6.74. The summed E-state index contributed by atoms with van der Waals surface area (Å²) in [5, 5.41) is 2.67. The number of sulfonamides is 1. The number of nitrogens with zero attached hydrogens (tertiary/aromatic N) is 5. The number of benzene rings is 1. The smallest absolute Gasteiger partial charge is 0.278 e. The van der Waals surface area contributed by atoms with Crippen molar-refractivity contribution >= 4 is 39.8 Å². The lowest BCUT2D eigenvalue weighted by Gasteiger charge is -2.18. The first kappa shape index (κ1) is 27.1. The van der Waals surface area contributed by atoms with Crippen molar-refractivity contribution in [3.63, 3.8) is 0 Å². The Morgan fingerprint density at radius 2 is 1.76 bits per heavy atom. The Kier molecular flexibility index (Phi) is 9.45. The molecule has 0 aliphatic rings. The van der Waals surface area contributed by atoms with Crippen LogP contribution in [0.5, 0.6) is 0 Å². The molecule has 2 heterocycles. The van der Waals surface area contributed by atoms with Crippen molar-refractivity contribution in [1.82, 2.24) is 24.2 Å². The Morgan fingerprint density at radius 1 is 1.06 bits per heavy atom. The second-order valence-corrected chi connectivity index (χ2v) is 9.74. The van der Waals surface area contributed by atoms with Crippen molar-refractivity contribution in [1.29, 1.82) is 0 Å². The van der Waals surface area contributed by atoms with E-state index in [2.05, 4.69) is 20.3 Å². The zero-order valence-corrected chi connectivity index (χ0v) is 20.8. The Labute approximate surface area is 205 Å². The molecule has 34 heavy (non-hydrogen) atoms. The SMILES string of the molecule is CN(C)CCCN(C)S(=O)(=O)c1ccc(-c2cnc(N)c(C(=O)Nc3cccnc3)n2)cc1.Cl. The van der Waals surface area contributed by atoms with Crippen molar-refractivity contribution in [2.45, 2.75) is 11.3 Å². The minimum atomic E-state index is -3.61. The second-order valence-electron chi connectivity index (χ2n) is 7.69. The Bertz CT molecular complexity index is 1210. The number of hydrogen-bond acceptors (Lipinski definition) is 8. The quantitative estimate of drug-likeness (QED) is 0.452. The van der Waals surface area contributed by atoms with E-state index in [0.29, 0.717) is 23.5 Å². The molecular weight excluding hydrogens is 478 g/mol. The molecule has 3 rings (SSSR count). The minimum Gasteiger partial charge on any atom is -0.382 e. The topological polar surface area (TPSA) is 134 Å². The summed E-state index contributed by atoms with van der Waals surface area (Å²) in [5.74, 6) is -0.535. The molecule has 182 valence electrons. The molecule has 0 radical (unpaired) electrons. The average molecular weight is 506 g/mol. The number of carbonyl (C=O) groups is 1. The summed E-state index contributed by atoms with van der Waals surface area (Å²) in [6, 6.07) is 9.67. The Balaban J connectivity index is 0.00000408. The first-order valence-electron chi connectivity index (χ1n) is 10.2. The molecule has 3 aromatic rings. The van der Waals surface area contributed by atoms with Crippen LogP contribution >= 0.6 is 12.4 Å². The van der Waals surface area contributed by atoms with E-state index in [1.54, 1.807) is 37.5 Å². The van der Waals surface area contributed by atoms with Gasteiger partial charge in [0, 0.05) is 25.4 Å². The highest BCUT2D eigenvalue weighted by atomic mass is 35.5. The van der Waals surface area contributed by atoms with Gasteiger partial charge in [0.2, 0.25) is 10.0 Å². The molecule has 1 aromatic carbocycles. The molecule has 10 nitrogen and oxygen atoms in total. The van der Waals surface area contributed by atoms with Gasteiger partial charge in [-0.3, -0.25) is 9.78 Å². The number of nitrogens with two attached hydrogens (primary N) is 1. The fourth-order valence-corrected chi connectivity index (χ4v) is 4.25. The van der Waals surface area contributed by atoms with E-state index >= 15 is 0 Å². The molecular formula is C22H28ClN7O3S. The lowest BCUT2D eigenvalue weighted by atomic mass is 10.1. The number of aromatic nitrogens is 3. The van der Waals surface area contributed by atoms with E-state index in [1.165, 1.54) is 28.8 Å². The lowest BCUT2D eigenvalue weighted by Crippen LogP contribution is -2.29. The van der Waals surface area contributed by atoms with Crippen LogP contribution < -0.4 is 11.1 Å². The van der Waals surface area contributed by atoms with Crippen LogP contribution in [-0.2, 0) is 10.0 Å². The van der Waals surface area contributed by atoms with Gasteiger partial charge >= 0.3 is 0 Å².